The molecule has 4 N–H and O–H groups in total. The molecule has 7 heteroatoms. The molecule has 0 aliphatic heterocycles. The Morgan fingerprint density at radius 2 is 1.55 bits per heavy atom. The van der Waals surface area contributed by atoms with E-state index in [1.807, 2.05) is 24.3 Å². The molecular weight excluding hydrogens is 394 g/mol. The number of fused-ring (bicyclic) bond motifs is 1. The molecule has 1 saturated carbocycles. The summed E-state index contributed by atoms with van der Waals surface area (Å²) >= 11 is 0. The minimum absolute atomic E-state index is 0.128. The van der Waals surface area contributed by atoms with Crippen LogP contribution in [-0.2, 0) is 16.0 Å². The maximum absolute atomic E-state index is 12.4. The molecule has 2 aliphatic carbocycles. The summed E-state index contributed by atoms with van der Waals surface area (Å²) in [4.78, 5) is 37.1. The molecule has 2 aromatic rings. The lowest BCUT2D eigenvalue weighted by molar-refractivity contribution is -0.137. The normalized spacial score (nSPS) is 20.5. The van der Waals surface area contributed by atoms with Crippen molar-refractivity contribution in [1.29, 1.82) is 0 Å². The number of carbonyl (C=O) groups is 3. The Balaban J connectivity index is 1.32. The third-order valence-corrected chi connectivity index (χ3v) is 6.04. The van der Waals surface area contributed by atoms with Crippen LogP contribution in [0.4, 0.5) is 5.69 Å². The van der Waals surface area contributed by atoms with Gasteiger partial charge in [0.15, 0.2) is 0 Å². The summed E-state index contributed by atoms with van der Waals surface area (Å²) < 4.78 is 0. The summed E-state index contributed by atoms with van der Waals surface area (Å²) in [5, 5.41) is 18.5. The molecule has 3 amide bonds. The van der Waals surface area contributed by atoms with Gasteiger partial charge in [-0.15, -0.1) is 0 Å². The molecule has 31 heavy (non-hydrogen) atoms. The second-order valence-electron chi connectivity index (χ2n) is 8.26. The third-order valence-electron chi connectivity index (χ3n) is 6.04. The highest BCUT2D eigenvalue weighted by Gasteiger charge is 2.33. The van der Waals surface area contributed by atoms with E-state index in [1.165, 1.54) is 6.42 Å². The number of hydrogen-bond acceptors (Lipinski definition) is 4. The van der Waals surface area contributed by atoms with Crippen molar-refractivity contribution in [3.63, 3.8) is 0 Å². The number of benzene rings is 2. The van der Waals surface area contributed by atoms with Crippen molar-refractivity contribution in [3.05, 3.63) is 65.2 Å². The van der Waals surface area contributed by atoms with E-state index in [-0.39, 0.29) is 11.9 Å². The number of carbonyl (C=O) groups excluding carboxylic acids is 3. The van der Waals surface area contributed by atoms with Gasteiger partial charge in [0.05, 0.1) is 12.1 Å². The highest BCUT2D eigenvalue weighted by Crippen LogP contribution is 2.31. The number of nitrogens with one attached hydrogen (secondary N) is 3. The van der Waals surface area contributed by atoms with E-state index in [9.17, 15) is 19.5 Å². The molecule has 0 spiro atoms. The van der Waals surface area contributed by atoms with Gasteiger partial charge >= 0.3 is 11.8 Å². The first-order valence-electron chi connectivity index (χ1n) is 10.8. The first-order chi connectivity index (χ1) is 15.0. The molecule has 0 bridgehead atoms. The summed E-state index contributed by atoms with van der Waals surface area (Å²) in [6.07, 6.45) is 5.19. The largest absolute Gasteiger partial charge is 0.390 e. The van der Waals surface area contributed by atoms with Crippen LogP contribution in [0.1, 0.15) is 59.6 Å². The zero-order valence-corrected chi connectivity index (χ0v) is 17.3. The van der Waals surface area contributed by atoms with Gasteiger partial charge in [-0.1, -0.05) is 43.5 Å². The van der Waals surface area contributed by atoms with Crippen molar-refractivity contribution in [1.82, 2.24) is 10.6 Å². The fraction of sp³-hybridized carbons (Fsp3) is 0.375. The van der Waals surface area contributed by atoms with Crippen LogP contribution < -0.4 is 16.0 Å². The van der Waals surface area contributed by atoms with Crippen LogP contribution in [0.15, 0.2) is 48.5 Å². The second kappa shape index (κ2) is 9.31. The van der Waals surface area contributed by atoms with Crippen LogP contribution in [0.25, 0.3) is 0 Å². The molecule has 0 unspecified atom stereocenters. The van der Waals surface area contributed by atoms with Crippen LogP contribution in [0.3, 0.4) is 0 Å². The molecule has 0 aromatic heterocycles. The molecular formula is C24H27N3O4. The average molecular weight is 421 g/mol. The van der Waals surface area contributed by atoms with Crippen LogP contribution >= 0.6 is 0 Å². The van der Waals surface area contributed by atoms with E-state index >= 15 is 0 Å². The zero-order chi connectivity index (χ0) is 21.8. The van der Waals surface area contributed by atoms with E-state index in [0.717, 1.165) is 36.8 Å². The first-order valence-corrected chi connectivity index (χ1v) is 10.8. The van der Waals surface area contributed by atoms with Gasteiger partial charge < -0.3 is 21.1 Å². The zero-order valence-electron chi connectivity index (χ0n) is 17.3. The van der Waals surface area contributed by atoms with Gasteiger partial charge in [-0.25, -0.2) is 0 Å². The van der Waals surface area contributed by atoms with Gasteiger partial charge in [-0.2, -0.15) is 0 Å². The molecule has 2 aromatic carbocycles. The topological polar surface area (TPSA) is 108 Å². The molecule has 7 nitrogen and oxygen atoms in total. The maximum atomic E-state index is 12.4. The van der Waals surface area contributed by atoms with Gasteiger partial charge in [0.1, 0.15) is 0 Å². The molecule has 2 aliphatic rings. The number of aliphatic hydroxyl groups is 1. The van der Waals surface area contributed by atoms with E-state index in [1.54, 1.807) is 24.3 Å². The lowest BCUT2D eigenvalue weighted by Crippen LogP contribution is -2.40. The highest BCUT2D eigenvalue weighted by molar-refractivity contribution is 6.39. The molecule has 0 radical (unpaired) electrons. The summed E-state index contributed by atoms with van der Waals surface area (Å²) in [6.45, 7) is 0. The molecule has 4 rings (SSSR count). The maximum Gasteiger partial charge on any atom is 0.313 e. The summed E-state index contributed by atoms with van der Waals surface area (Å²) in [5.74, 6) is -1.77. The standard InChI is InChI=1S/C24H27N3O4/c28-20-14-16-6-4-5-9-19(16)21(20)27-24(31)23(30)26-18-12-10-15(11-13-18)22(29)25-17-7-2-1-3-8-17/h4-6,9-13,17,20-21,28H,1-3,7-8,14H2,(H,25,29)(H,26,30)(H,27,31)/t20-,21-/m1/s1. The summed E-state index contributed by atoms with van der Waals surface area (Å²) in [6, 6.07) is 13.5. The smallest absolute Gasteiger partial charge is 0.313 e. The Morgan fingerprint density at radius 3 is 2.29 bits per heavy atom. The van der Waals surface area contributed by atoms with Crippen molar-refractivity contribution >= 4 is 23.4 Å². The summed E-state index contributed by atoms with van der Waals surface area (Å²) in [5.41, 5.74) is 2.72. The molecule has 2 atom stereocenters. The van der Waals surface area contributed by atoms with Gasteiger partial charge in [-0.05, 0) is 48.2 Å². The predicted molar refractivity (Wildman–Crippen MR) is 116 cm³/mol. The Kier molecular flexibility index (Phi) is 6.32. The van der Waals surface area contributed by atoms with Crippen LogP contribution in [-0.4, -0.2) is 35.0 Å². The SMILES string of the molecule is O=C(Nc1ccc(C(=O)NC2CCCCC2)cc1)C(=O)N[C@@H]1c2ccccc2C[C@H]1O. The molecule has 1 fully saturated rings. The van der Waals surface area contributed by atoms with Crippen molar-refractivity contribution in [2.45, 2.75) is 56.7 Å². The number of hydrogen-bond donors (Lipinski definition) is 4. The van der Waals surface area contributed by atoms with E-state index in [0.29, 0.717) is 17.7 Å². The number of amides is 3. The monoisotopic (exact) mass is 421 g/mol. The number of rotatable bonds is 4. The van der Waals surface area contributed by atoms with E-state index in [4.69, 9.17) is 0 Å². The Bertz CT molecular complexity index is 967. The lowest BCUT2D eigenvalue weighted by Gasteiger charge is -2.22. The molecule has 0 heterocycles. The Hall–Kier alpha value is -3.19. The minimum Gasteiger partial charge on any atom is -0.390 e. The lowest BCUT2D eigenvalue weighted by atomic mass is 9.95. The summed E-state index contributed by atoms with van der Waals surface area (Å²) in [7, 11) is 0. The van der Waals surface area contributed by atoms with Gasteiger partial charge in [0.25, 0.3) is 5.91 Å². The fourth-order valence-electron chi connectivity index (χ4n) is 4.36. The Labute approximate surface area is 181 Å². The number of aliphatic hydroxyl groups excluding tert-OH is 1. The van der Waals surface area contributed by atoms with Gasteiger partial charge in [0, 0.05) is 23.7 Å². The molecule has 0 saturated heterocycles. The fourth-order valence-corrected chi connectivity index (χ4v) is 4.36. The van der Waals surface area contributed by atoms with E-state index in [2.05, 4.69) is 16.0 Å². The third kappa shape index (κ3) is 4.94. The van der Waals surface area contributed by atoms with Crippen molar-refractivity contribution in [2.75, 3.05) is 5.32 Å². The van der Waals surface area contributed by atoms with Crippen LogP contribution in [0.2, 0.25) is 0 Å². The number of anilines is 1. The Morgan fingerprint density at radius 1 is 0.839 bits per heavy atom. The quantitative estimate of drug-likeness (QED) is 0.569. The van der Waals surface area contributed by atoms with Crippen molar-refractivity contribution in [3.8, 4) is 0 Å². The second-order valence-corrected chi connectivity index (χ2v) is 8.26. The molecule has 162 valence electrons. The minimum atomic E-state index is -0.823. The van der Waals surface area contributed by atoms with Crippen LogP contribution in [0, 0.1) is 0 Å². The van der Waals surface area contributed by atoms with Gasteiger partial charge in [-0.3, -0.25) is 14.4 Å². The van der Waals surface area contributed by atoms with Crippen molar-refractivity contribution < 1.29 is 19.5 Å². The average Bonchev–Trinajstić information content (AvgIpc) is 3.10. The highest BCUT2D eigenvalue weighted by atomic mass is 16.3. The van der Waals surface area contributed by atoms with Gasteiger partial charge in [0.2, 0.25) is 0 Å². The van der Waals surface area contributed by atoms with Crippen LogP contribution in [0.5, 0.6) is 0 Å². The van der Waals surface area contributed by atoms with Crippen molar-refractivity contribution in [2.24, 2.45) is 0 Å². The predicted octanol–water partition coefficient (Wildman–Crippen LogP) is 2.46. The first kappa shape index (κ1) is 21.1. The van der Waals surface area contributed by atoms with E-state index < -0.39 is 24.0 Å².